The Labute approximate surface area is 151 Å². The first-order valence-electron chi connectivity index (χ1n) is 8.86. The molecule has 0 aromatic heterocycles. The topological polar surface area (TPSA) is 69.7 Å². The van der Waals surface area contributed by atoms with Crippen LogP contribution in [0, 0.1) is 6.92 Å². The van der Waals surface area contributed by atoms with Gasteiger partial charge in [-0.05, 0) is 45.0 Å². The third-order valence-corrected chi connectivity index (χ3v) is 6.55. The van der Waals surface area contributed by atoms with Crippen LogP contribution in [0.1, 0.15) is 42.6 Å². The van der Waals surface area contributed by atoms with Gasteiger partial charge < -0.3 is 10.2 Å². The van der Waals surface area contributed by atoms with Gasteiger partial charge in [0, 0.05) is 37.8 Å². The monoisotopic (exact) mass is 367 g/mol. The minimum atomic E-state index is -3.57. The standard InChI is InChI=1S/C18H29N3O3S/c1-5-6-15(3)19-18(22)17-13-16(8-7-14(17)2)25(23,24)21-11-9-20(4)10-12-21/h7-8,13,15H,5-6,9-12H2,1-4H3,(H,19,22)/t15-/m1/s1. The summed E-state index contributed by atoms with van der Waals surface area (Å²) < 4.78 is 27.3. The second-order valence-electron chi connectivity index (χ2n) is 6.85. The third kappa shape index (κ3) is 4.80. The van der Waals surface area contributed by atoms with Gasteiger partial charge in [0.1, 0.15) is 0 Å². The number of hydrogen-bond donors (Lipinski definition) is 1. The average molecular weight is 368 g/mol. The predicted molar refractivity (Wildman–Crippen MR) is 99.3 cm³/mol. The van der Waals surface area contributed by atoms with E-state index in [0.29, 0.717) is 31.7 Å². The van der Waals surface area contributed by atoms with E-state index in [4.69, 9.17) is 0 Å². The summed E-state index contributed by atoms with van der Waals surface area (Å²) in [5.41, 5.74) is 1.21. The predicted octanol–water partition coefficient (Wildman–Crippen LogP) is 1.85. The number of benzene rings is 1. The van der Waals surface area contributed by atoms with Gasteiger partial charge in [-0.2, -0.15) is 4.31 Å². The molecule has 25 heavy (non-hydrogen) atoms. The number of aryl methyl sites for hydroxylation is 1. The number of carbonyl (C=O) groups excluding carboxylic acids is 1. The molecule has 7 heteroatoms. The van der Waals surface area contributed by atoms with Crippen molar-refractivity contribution < 1.29 is 13.2 Å². The molecule has 2 rings (SSSR count). The first-order valence-corrected chi connectivity index (χ1v) is 10.3. The van der Waals surface area contributed by atoms with Crippen molar-refractivity contribution in [1.82, 2.24) is 14.5 Å². The summed E-state index contributed by atoms with van der Waals surface area (Å²) in [5.74, 6) is -0.214. The maximum absolute atomic E-state index is 12.9. The molecule has 6 nitrogen and oxygen atoms in total. The van der Waals surface area contributed by atoms with Gasteiger partial charge in [-0.3, -0.25) is 4.79 Å². The molecule has 0 spiro atoms. The van der Waals surface area contributed by atoms with Gasteiger partial charge in [-0.25, -0.2) is 8.42 Å². The maximum atomic E-state index is 12.9. The molecule has 1 N–H and O–H groups in total. The molecule has 0 bridgehead atoms. The minimum absolute atomic E-state index is 0.0646. The lowest BCUT2D eigenvalue weighted by Gasteiger charge is -2.31. The Balaban J connectivity index is 2.24. The van der Waals surface area contributed by atoms with Crippen molar-refractivity contribution in [2.75, 3.05) is 33.2 Å². The van der Waals surface area contributed by atoms with Crippen LogP contribution in [0.15, 0.2) is 23.1 Å². The molecule has 1 amide bonds. The van der Waals surface area contributed by atoms with E-state index >= 15 is 0 Å². The van der Waals surface area contributed by atoms with Crippen LogP contribution in [0.25, 0.3) is 0 Å². The molecule has 0 unspecified atom stereocenters. The fourth-order valence-electron chi connectivity index (χ4n) is 2.99. The van der Waals surface area contributed by atoms with Gasteiger partial charge in [0.05, 0.1) is 4.90 Å². The lowest BCUT2D eigenvalue weighted by atomic mass is 10.1. The van der Waals surface area contributed by atoms with Crippen LogP contribution < -0.4 is 5.32 Å². The van der Waals surface area contributed by atoms with Gasteiger partial charge in [-0.15, -0.1) is 0 Å². The fraction of sp³-hybridized carbons (Fsp3) is 0.611. The molecule has 140 valence electrons. The number of sulfonamides is 1. The van der Waals surface area contributed by atoms with Gasteiger partial charge in [0.15, 0.2) is 0 Å². The first-order chi connectivity index (χ1) is 11.8. The van der Waals surface area contributed by atoms with Crippen LogP contribution in [-0.4, -0.2) is 62.8 Å². The number of amides is 1. The van der Waals surface area contributed by atoms with Crippen molar-refractivity contribution in [3.8, 4) is 0 Å². The SMILES string of the molecule is CCC[C@@H](C)NC(=O)c1cc(S(=O)(=O)N2CCN(C)CC2)ccc1C. The maximum Gasteiger partial charge on any atom is 0.251 e. The molecule has 1 saturated heterocycles. The fourth-order valence-corrected chi connectivity index (χ4v) is 4.44. The largest absolute Gasteiger partial charge is 0.350 e. The van der Waals surface area contributed by atoms with Crippen LogP contribution in [0.3, 0.4) is 0 Å². The van der Waals surface area contributed by atoms with Crippen molar-refractivity contribution in [1.29, 1.82) is 0 Å². The van der Waals surface area contributed by atoms with Gasteiger partial charge in [0.2, 0.25) is 10.0 Å². The molecule has 1 aromatic rings. The Morgan fingerprint density at radius 2 is 1.88 bits per heavy atom. The van der Waals surface area contributed by atoms with Crippen molar-refractivity contribution in [2.24, 2.45) is 0 Å². The van der Waals surface area contributed by atoms with E-state index in [2.05, 4.69) is 17.1 Å². The molecule has 1 fully saturated rings. The summed E-state index contributed by atoms with van der Waals surface area (Å²) in [6.07, 6.45) is 1.88. The Kier molecular flexibility index (Phi) is 6.59. The zero-order valence-corrected chi connectivity index (χ0v) is 16.4. The van der Waals surface area contributed by atoms with Crippen LogP contribution in [0.4, 0.5) is 0 Å². The molecule has 1 atom stereocenters. The summed E-state index contributed by atoms with van der Waals surface area (Å²) in [7, 11) is -1.59. The van der Waals surface area contributed by atoms with Crippen molar-refractivity contribution in [3.05, 3.63) is 29.3 Å². The van der Waals surface area contributed by atoms with E-state index in [0.717, 1.165) is 18.4 Å². The van der Waals surface area contributed by atoms with Crippen molar-refractivity contribution >= 4 is 15.9 Å². The van der Waals surface area contributed by atoms with E-state index in [1.54, 1.807) is 12.1 Å². The summed E-state index contributed by atoms with van der Waals surface area (Å²) in [6.45, 7) is 8.23. The highest BCUT2D eigenvalue weighted by Gasteiger charge is 2.28. The number of piperazine rings is 1. The molecule has 0 radical (unpaired) electrons. The average Bonchev–Trinajstić information content (AvgIpc) is 2.55. The molecule has 1 aliphatic heterocycles. The lowest BCUT2D eigenvalue weighted by molar-refractivity contribution is 0.0937. The Bertz CT molecular complexity index is 710. The molecular weight excluding hydrogens is 338 g/mol. The van der Waals surface area contributed by atoms with Crippen molar-refractivity contribution in [3.63, 3.8) is 0 Å². The van der Waals surface area contributed by atoms with Gasteiger partial charge in [0.25, 0.3) is 5.91 Å². The second kappa shape index (κ2) is 8.29. The normalized spacial score (nSPS) is 18.1. The molecule has 1 aliphatic rings. The first kappa shape index (κ1) is 19.9. The highest BCUT2D eigenvalue weighted by molar-refractivity contribution is 7.89. The number of likely N-dealkylation sites (N-methyl/N-ethyl adjacent to an activating group) is 1. The zero-order valence-electron chi connectivity index (χ0n) is 15.6. The summed E-state index contributed by atoms with van der Waals surface area (Å²) >= 11 is 0. The van der Waals surface area contributed by atoms with Crippen LogP contribution in [0.5, 0.6) is 0 Å². The zero-order chi connectivity index (χ0) is 18.6. The Hall–Kier alpha value is -1.44. The van der Waals surface area contributed by atoms with Crippen LogP contribution in [-0.2, 0) is 10.0 Å². The summed E-state index contributed by atoms with van der Waals surface area (Å²) in [5, 5.41) is 2.95. The Morgan fingerprint density at radius 1 is 1.24 bits per heavy atom. The van der Waals surface area contributed by atoms with E-state index in [1.807, 2.05) is 20.9 Å². The molecule has 0 saturated carbocycles. The summed E-state index contributed by atoms with van der Waals surface area (Å²) in [6, 6.07) is 4.88. The minimum Gasteiger partial charge on any atom is -0.350 e. The second-order valence-corrected chi connectivity index (χ2v) is 8.79. The van der Waals surface area contributed by atoms with Gasteiger partial charge in [-0.1, -0.05) is 19.4 Å². The Morgan fingerprint density at radius 3 is 2.48 bits per heavy atom. The van der Waals surface area contributed by atoms with Gasteiger partial charge >= 0.3 is 0 Å². The molecule has 1 aromatic carbocycles. The number of carbonyl (C=O) groups is 1. The van der Waals surface area contributed by atoms with E-state index in [-0.39, 0.29) is 16.8 Å². The van der Waals surface area contributed by atoms with Crippen LogP contribution in [0.2, 0.25) is 0 Å². The number of nitrogens with zero attached hydrogens (tertiary/aromatic N) is 2. The molecular formula is C18H29N3O3S. The quantitative estimate of drug-likeness (QED) is 0.833. The van der Waals surface area contributed by atoms with Crippen LogP contribution >= 0.6 is 0 Å². The van der Waals surface area contributed by atoms with E-state index < -0.39 is 10.0 Å². The molecule has 1 heterocycles. The lowest BCUT2D eigenvalue weighted by Crippen LogP contribution is -2.47. The molecule has 0 aliphatic carbocycles. The number of nitrogens with one attached hydrogen (secondary N) is 1. The summed E-state index contributed by atoms with van der Waals surface area (Å²) in [4.78, 5) is 14.8. The number of rotatable bonds is 6. The smallest absolute Gasteiger partial charge is 0.251 e. The van der Waals surface area contributed by atoms with Crippen molar-refractivity contribution in [2.45, 2.75) is 44.6 Å². The number of hydrogen-bond acceptors (Lipinski definition) is 4. The highest BCUT2D eigenvalue weighted by atomic mass is 32.2. The van der Waals surface area contributed by atoms with E-state index in [9.17, 15) is 13.2 Å². The van der Waals surface area contributed by atoms with E-state index in [1.165, 1.54) is 10.4 Å². The highest BCUT2D eigenvalue weighted by Crippen LogP contribution is 2.21. The third-order valence-electron chi connectivity index (χ3n) is 4.65.